The molecule has 0 spiro atoms. The molecule has 1 heterocycles. The third-order valence-corrected chi connectivity index (χ3v) is 9.29. The summed E-state index contributed by atoms with van der Waals surface area (Å²) < 4.78 is 43.7. The molecule has 3 aromatic rings. The first kappa shape index (κ1) is 26.0. The molecule has 8 nitrogen and oxygen atoms in total. The molecular weight excluding hydrogens is 495 g/mol. The van der Waals surface area contributed by atoms with E-state index in [1.54, 1.807) is 57.5 Å². The maximum absolute atomic E-state index is 12.8. The van der Waals surface area contributed by atoms with Crippen LogP contribution in [0.25, 0.3) is 0 Å². The number of aromatic nitrogens is 2. The molecule has 0 unspecified atom stereocenters. The minimum absolute atomic E-state index is 0.158. The van der Waals surface area contributed by atoms with E-state index in [4.69, 9.17) is 16.3 Å². The summed E-state index contributed by atoms with van der Waals surface area (Å²) >= 11 is 6.31. The second-order valence-electron chi connectivity index (χ2n) is 8.42. The number of nitrogens with one attached hydrogen (secondary N) is 2. The average molecular weight is 523 g/mol. The molecule has 0 saturated carbocycles. The van der Waals surface area contributed by atoms with Gasteiger partial charge in [0.1, 0.15) is 17.9 Å². The van der Waals surface area contributed by atoms with Gasteiger partial charge in [-0.15, -0.1) is 0 Å². The largest absolute Gasteiger partial charge is 0.495 e. The van der Waals surface area contributed by atoms with E-state index in [9.17, 15) is 13.0 Å². The Bertz CT molecular complexity index is 1370. The number of nitrogens with zero attached hydrogens (tertiary/aromatic N) is 2. The highest BCUT2D eigenvalue weighted by atomic mass is 35.5. The Labute approximate surface area is 205 Å². The molecule has 0 aliphatic heterocycles. The predicted molar refractivity (Wildman–Crippen MR) is 139 cm³/mol. The number of sulfone groups is 1. The van der Waals surface area contributed by atoms with Gasteiger partial charge >= 0.3 is 0 Å². The summed E-state index contributed by atoms with van der Waals surface area (Å²) in [4.78, 5) is 8.82. The molecule has 0 atom stereocenters. The number of benzene rings is 2. The van der Waals surface area contributed by atoms with Crippen LogP contribution in [0.2, 0.25) is 5.02 Å². The maximum atomic E-state index is 12.8. The summed E-state index contributed by atoms with van der Waals surface area (Å²) in [5.41, 5.74) is 1.80. The van der Waals surface area contributed by atoms with Gasteiger partial charge in [0.25, 0.3) is 0 Å². The van der Waals surface area contributed by atoms with Crippen molar-refractivity contribution in [1.82, 2.24) is 9.97 Å². The summed E-state index contributed by atoms with van der Waals surface area (Å²) in [7, 11) is -4.50. The minimum atomic E-state index is -3.53. The fourth-order valence-corrected chi connectivity index (χ4v) is 6.04. The van der Waals surface area contributed by atoms with Crippen molar-refractivity contribution in [2.45, 2.75) is 30.9 Å². The van der Waals surface area contributed by atoms with Crippen LogP contribution in [0.15, 0.2) is 47.5 Å². The molecule has 0 fully saturated rings. The molecule has 0 aliphatic carbocycles. The van der Waals surface area contributed by atoms with Gasteiger partial charge in [-0.3, -0.25) is 0 Å². The van der Waals surface area contributed by atoms with Gasteiger partial charge in [0.15, 0.2) is 15.7 Å². The lowest BCUT2D eigenvalue weighted by Gasteiger charge is -2.17. The van der Waals surface area contributed by atoms with Gasteiger partial charge in [0.05, 0.1) is 34.8 Å². The van der Waals surface area contributed by atoms with E-state index in [2.05, 4.69) is 20.6 Å². The number of ether oxygens (including phenoxy) is 1. The zero-order valence-corrected chi connectivity index (χ0v) is 22.3. The molecule has 182 valence electrons. The Hall–Kier alpha value is -2.61. The fraction of sp³-hybridized carbons (Fsp3) is 0.304. The van der Waals surface area contributed by atoms with Crippen LogP contribution in [0.1, 0.15) is 19.4 Å². The van der Waals surface area contributed by atoms with Crippen molar-refractivity contribution >= 4 is 57.0 Å². The highest BCUT2D eigenvalue weighted by Gasteiger charge is 2.23. The summed E-state index contributed by atoms with van der Waals surface area (Å²) in [6, 6.07) is 10.2. The number of rotatable bonds is 8. The third kappa shape index (κ3) is 5.54. The molecule has 1 aromatic heterocycles. The molecule has 34 heavy (non-hydrogen) atoms. The summed E-state index contributed by atoms with van der Waals surface area (Å²) in [5, 5.41) is 6.50. The number of anilines is 4. The normalized spacial score (nSPS) is 12.0. The van der Waals surface area contributed by atoms with Crippen molar-refractivity contribution in [3.8, 4) is 5.75 Å². The lowest BCUT2D eigenvalue weighted by Crippen LogP contribution is -2.15. The van der Waals surface area contributed by atoms with E-state index in [0.717, 1.165) is 10.9 Å². The molecule has 0 radical (unpaired) electrons. The molecule has 2 N–H and O–H groups in total. The monoisotopic (exact) mass is 522 g/mol. The number of methoxy groups -OCH3 is 1. The highest BCUT2D eigenvalue weighted by molar-refractivity contribution is 7.92. The van der Waals surface area contributed by atoms with Crippen LogP contribution in [-0.4, -0.2) is 44.1 Å². The van der Waals surface area contributed by atoms with E-state index < -0.39 is 22.2 Å². The Balaban J connectivity index is 1.99. The van der Waals surface area contributed by atoms with Gasteiger partial charge in [0.2, 0.25) is 5.95 Å². The maximum Gasteiger partial charge on any atom is 0.229 e. The molecule has 11 heteroatoms. The second-order valence-corrected chi connectivity index (χ2v) is 14.5. The standard InChI is InChI=1S/C23H28ClN4O4PS/c1-14(2)34(30,31)21-10-8-7-9-17(21)26-22-16(24)13-25-23(28-22)27-18-11-15(3)20(33(5,6)29)12-19(18)32-4/h7-14H,1-6H3,(H2,25,26,27,28). The van der Waals surface area contributed by atoms with Crippen LogP contribution in [0.4, 0.5) is 23.1 Å². The van der Waals surface area contributed by atoms with Gasteiger partial charge in [-0.2, -0.15) is 4.98 Å². The second kappa shape index (κ2) is 9.94. The van der Waals surface area contributed by atoms with E-state index in [1.807, 2.05) is 13.0 Å². The summed E-state index contributed by atoms with van der Waals surface area (Å²) in [6.07, 6.45) is 1.42. The Morgan fingerprint density at radius 3 is 2.38 bits per heavy atom. The third-order valence-electron chi connectivity index (χ3n) is 5.16. The Morgan fingerprint density at radius 2 is 1.76 bits per heavy atom. The van der Waals surface area contributed by atoms with Crippen LogP contribution in [-0.2, 0) is 14.4 Å². The van der Waals surface area contributed by atoms with Crippen LogP contribution in [0.3, 0.4) is 0 Å². The minimum Gasteiger partial charge on any atom is -0.495 e. The van der Waals surface area contributed by atoms with Crippen LogP contribution in [0.5, 0.6) is 5.75 Å². The van der Waals surface area contributed by atoms with Crippen LogP contribution >= 0.6 is 18.7 Å². The van der Waals surface area contributed by atoms with Crippen molar-refractivity contribution in [3.05, 3.63) is 53.2 Å². The Morgan fingerprint density at radius 1 is 1.09 bits per heavy atom. The SMILES string of the molecule is COc1cc(P(C)(C)=O)c(C)cc1Nc1ncc(Cl)c(Nc2ccccc2S(=O)(=O)C(C)C)n1. The van der Waals surface area contributed by atoms with Crippen LogP contribution in [0, 0.1) is 6.92 Å². The van der Waals surface area contributed by atoms with Crippen molar-refractivity contribution in [2.24, 2.45) is 0 Å². The van der Waals surface area contributed by atoms with E-state index in [1.165, 1.54) is 13.3 Å². The topological polar surface area (TPSA) is 110 Å². The molecule has 0 saturated heterocycles. The number of hydrogen-bond donors (Lipinski definition) is 2. The van der Waals surface area contributed by atoms with Gasteiger partial charge in [-0.05, 0) is 63.9 Å². The van der Waals surface area contributed by atoms with Gasteiger partial charge in [-0.25, -0.2) is 13.4 Å². The first-order valence-electron chi connectivity index (χ1n) is 10.5. The quantitative estimate of drug-likeness (QED) is 0.380. The van der Waals surface area contributed by atoms with E-state index >= 15 is 0 Å². The number of aryl methyl sites for hydroxylation is 1. The lowest BCUT2D eigenvalue weighted by atomic mass is 10.2. The number of hydrogen-bond acceptors (Lipinski definition) is 8. The average Bonchev–Trinajstić information content (AvgIpc) is 2.75. The zero-order valence-electron chi connectivity index (χ0n) is 19.9. The first-order chi connectivity index (χ1) is 15.8. The van der Waals surface area contributed by atoms with Crippen molar-refractivity contribution in [2.75, 3.05) is 31.1 Å². The fourth-order valence-electron chi connectivity index (χ4n) is 3.36. The van der Waals surface area contributed by atoms with Crippen LogP contribution < -0.4 is 20.7 Å². The van der Waals surface area contributed by atoms with Crippen molar-refractivity contribution < 1.29 is 17.7 Å². The summed E-state index contributed by atoms with van der Waals surface area (Å²) in [6.45, 7) is 8.55. The van der Waals surface area contributed by atoms with Crippen molar-refractivity contribution in [3.63, 3.8) is 0 Å². The summed E-state index contributed by atoms with van der Waals surface area (Å²) in [5.74, 6) is 0.952. The first-order valence-corrected chi connectivity index (χ1v) is 15.0. The number of halogens is 1. The molecule has 0 amide bonds. The molecule has 0 bridgehead atoms. The zero-order chi connectivity index (χ0) is 25.3. The van der Waals surface area contributed by atoms with Gasteiger partial charge in [-0.1, -0.05) is 23.7 Å². The smallest absolute Gasteiger partial charge is 0.229 e. The number of para-hydroxylation sites is 1. The Kier molecular flexibility index (Phi) is 7.60. The van der Waals surface area contributed by atoms with E-state index in [-0.39, 0.29) is 21.7 Å². The van der Waals surface area contributed by atoms with Gasteiger partial charge < -0.3 is 19.9 Å². The highest BCUT2D eigenvalue weighted by Crippen LogP contribution is 2.40. The van der Waals surface area contributed by atoms with Crippen molar-refractivity contribution in [1.29, 1.82) is 0 Å². The molecule has 0 aliphatic rings. The molecular formula is C23H28ClN4O4PS. The van der Waals surface area contributed by atoms with Gasteiger partial charge in [0, 0.05) is 5.30 Å². The molecule has 3 rings (SSSR count). The predicted octanol–water partition coefficient (Wildman–Crippen LogP) is 5.36. The molecule has 2 aromatic carbocycles. The van der Waals surface area contributed by atoms with E-state index in [0.29, 0.717) is 17.1 Å². The lowest BCUT2D eigenvalue weighted by molar-refractivity contribution is 0.417.